The molecule has 2 amide bonds. The average Bonchev–Trinajstić information content (AvgIpc) is 3.09. The van der Waals surface area contributed by atoms with Gasteiger partial charge in [0, 0.05) is 30.4 Å². The number of rotatable bonds is 6. The van der Waals surface area contributed by atoms with Crippen LogP contribution in [0.25, 0.3) is 0 Å². The van der Waals surface area contributed by atoms with Gasteiger partial charge in [-0.25, -0.2) is 0 Å². The zero-order chi connectivity index (χ0) is 19.4. The third-order valence-electron chi connectivity index (χ3n) is 5.22. The fourth-order valence-corrected chi connectivity index (χ4v) is 3.41. The van der Waals surface area contributed by atoms with E-state index in [-0.39, 0.29) is 24.2 Å². The van der Waals surface area contributed by atoms with E-state index in [2.05, 4.69) is 19.2 Å². The number of para-hydroxylation sites is 1. The van der Waals surface area contributed by atoms with E-state index in [1.165, 1.54) is 0 Å². The van der Waals surface area contributed by atoms with Gasteiger partial charge in [-0.2, -0.15) is 0 Å². The molecule has 1 aliphatic rings. The van der Waals surface area contributed by atoms with Gasteiger partial charge in [0.1, 0.15) is 5.75 Å². The second-order valence-corrected chi connectivity index (χ2v) is 6.99. The zero-order valence-electron chi connectivity index (χ0n) is 16.1. The van der Waals surface area contributed by atoms with Gasteiger partial charge in [0.25, 0.3) is 0 Å². The highest BCUT2D eigenvalue weighted by Crippen LogP contribution is 2.30. The molecule has 0 aromatic heterocycles. The third-order valence-corrected chi connectivity index (χ3v) is 5.22. The van der Waals surface area contributed by atoms with Crippen molar-refractivity contribution in [1.29, 1.82) is 0 Å². The molecule has 5 nitrogen and oxygen atoms in total. The van der Waals surface area contributed by atoms with E-state index < -0.39 is 0 Å². The number of nitrogens with one attached hydrogen (secondary N) is 1. The topological polar surface area (TPSA) is 58.6 Å². The molecule has 0 saturated carbocycles. The quantitative estimate of drug-likeness (QED) is 0.833. The molecule has 142 valence electrons. The number of benzene rings is 2. The lowest BCUT2D eigenvalue weighted by Gasteiger charge is -2.19. The number of hydrogen-bond donors (Lipinski definition) is 1. The van der Waals surface area contributed by atoms with Crippen molar-refractivity contribution >= 4 is 23.2 Å². The second-order valence-electron chi connectivity index (χ2n) is 6.99. The van der Waals surface area contributed by atoms with E-state index in [9.17, 15) is 9.59 Å². The maximum absolute atomic E-state index is 12.8. The molecule has 0 unspecified atom stereocenters. The average molecular weight is 366 g/mol. The minimum absolute atomic E-state index is 0.0429. The Bertz CT molecular complexity index is 834. The highest BCUT2D eigenvalue weighted by Gasteiger charge is 2.35. The Morgan fingerprint density at radius 2 is 2.04 bits per heavy atom. The maximum atomic E-state index is 12.8. The van der Waals surface area contributed by atoms with Gasteiger partial charge in [-0.15, -0.1) is 0 Å². The highest BCUT2D eigenvalue weighted by molar-refractivity contribution is 6.03. The SMILES string of the molecule is CC[C@@H](C)c1ccccc1NC(=O)[C@H]1CC(=O)N(c2cccc(OC)c2)C1. The van der Waals surface area contributed by atoms with Gasteiger partial charge in [0.2, 0.25) is 11.8 Å². The number of carbonyl (C=O) groups is 2. The van der Waals surface area contributed by atoms with Crippen LogP contribution >= 0.6 is 0 Å². The Morgan fingerprint density at radius 3 is 2.78 bits per heavy atom. The number of carbonyl (C=O) groups excluding carboxylic acids is 2. The lowest BCUT2D eigenvalue weighted by atomic mass is 9.96. The molecule has 2 aromatic carbocycles. The van der Waals surface area contributed by atoms with Crippen molar-refractivity contribution < 1.29 is 14.3 Å². The van der Waals surface area contributed by atoms with Crippen LogP contribution in [0.2, 0.25) is 0 Å². The molecular weight excluding hydrogens is 340 g/mol. The summed E-state index contributed by atoms with van der Waals surface area (Å²) in [5.41, 5.74) is 2.72. The van der Waals surface area contributed by atoms with Gasteiger partial charge in [0.15, 0.2) is 0 Å². The van der Waals surface area contributed by atoms with Gasteiger partial charge in [0.05, 0.1) is 13.0 Å². The molecule has 0 spiro atoms. The standard InChI is InChI=1S/C22H26N2O3/c1-4-15(2)19-10-5-6-11-20(19)23-22(26)16-12-21(25)24(14-16)17-8-7-9-18(13-17)27-3/h5-11,13,15-16H,4,12,14H2,1-3H3,(H,23,26)/t15-,16+/m1/s1. The first-order valence-electron chi connectivity index (χ1n) is 9.37. The Labute approximate surface area is 160 Å². The highest BCUT2D eigenvalue weighted by atomic mass is 16.5. The molecule has 27 heavy (non-hydrogen) atoms. The van der Waals surface area contributed by atoms with Crippen LogP contribution in [-0.4, -0.2) is 25.5 Å². The van der Waals surface area contributed by atoms with Crippen LogP contribution in [0.4, 0.5) is 11.4 Å². The van der Waals surface area contributed by atoms with Gasteiger partial charge in [-0.1, -0.05) is 38.1 Å². The largest absolute Gasteiger partial charge is 0.497 e. The Balaban J connectivity index is 1.73. The van der Waals surface area contributed by atoms with Crippen LogP contribution in [0.1, 0.15) is 38.2 Å². The number of amides is 2. The summed E-state index contributed by atoms with van der Waals surface area (Å²) >= 11 is 0. The van der Waals surface area contributed by atoms with Crippen LogP contribution < -0.4 is 15.0 Å². The summed E-state index contributed by atoms with van der Waals surface area (Å²) in [6.45, 7) is 4.66. The van der Waals surface area contributed by atoms with Crippen LogP contribution in [0.3, 0.4) is 0 Å². The van der Waals surface area contributed by atoms with E-state index in [0.29, 0.717) is 18.2 Å². The summed E-state index contributed by atoms with van der Waals surface area (Å²) in [5.74, 6) is 0.535. The number of ether oxygens (including phenoxy) is 1. The fraction of sp³-hybridized carbons (Fsp3) is 0.364. The van der Waals surface area contributed by atoms with E-state index in [4.69, 9.17) is 4.74 Å². The molecule has 1 fully saturated rings. The summed E-state index contributed by atoms with van der Waals surface area (Å²) in [4.78, 5) is 26.9. The van der Waals surface area contributed by atoms with Crippen molar-refractivity contribution in [3.8, 4) is 5.75 Å². The Kier molecular flexibility index (Phi) is 5.79. The zero-order valence-corrected chi connectivity index (χ0v) is 16.1. The van der Waals surface area contributed by atoms with Crippen molar-refractivity contribution in [1.82, 2.24) is 0 Å². The van der Waals surface area contributed by atoms with Crippen LogP contribution in [0.15, 0.2) is 48.5 Å². The first-order valence-corrected chi connectivity index (χ1v) is 9.37. The molecule has 3 rings (SSSR count). The second kappa shape index (κ2) is 8.25. The summed E-state index contributed by atoms with van der Waals surface area (Å²) < 4.78 is 5.23. The first kappa shape index (κ1) is 19.0. The monoisotopic (exact) mass is 366 g/mol. The first-order chi connectivity index (χ1) is 13.0. The Morgan fingerprint density at radius 1 is 1.26 bits per heavy atom. The summed E-state index contributed by atoms with van der Waals surface area (Å²) in [7, 11) is 1.59. The van der Waals surface area contributed by atoms with E-state index in [1.807, 2.05) is 48.5 Å². The maximum Gasteiger partial charge on any atom is 0.229 e. The minimum atomic E-state index is -0.367. The molecule has 1 N–H and O–H groups in total. The van der Waals surface area contributed by atoms with Crippen molar-refractivity contribution in [2.75, 3.05) is 23.9 Å². The van der Waals surface area contributed by atoms with E-state index in [0.717, 1.165) is 23.4 Å². The van der Waals surface area contributed by atoms with Gasteiger partial charge in [-0.3, -0.25) is 9.59 Å². The normalized spacial score (nSPS) is 17.7. The van der Waals surface area contributed by atoms with Gasteiger partial charge < -0.3 is 15.0 Å². The number of methoxy groups -OCH3 is 1. The molecule has 0 radical (unpaired) electrons. The predicted molar refractivity (Wildman–Crippen MR) is 107 cm³/mol. The Hall–Kier alpha value is -2.82. The smallest absolute Gasteiger partial charge is 0.229 e. The van der Waals surface area contributed by atoms with Gasteiger partial charge >= 0.3 is 0 Å². The summed E-state index contributed by atoms with van der Waals surface area (Å²) in [6, 6.07) is 15.2. The van der Waals surface area contributed by atoms with Crippen molar-refractivity contribution in [3.05, 3.63) is 54.1 Å². The van der Waals surface area contributed by atoms with Crippen LogP contribution in [0.5, 0.6) is 5.75 Å². The molecule has 1 saturated heterocycles. The predicted octanol–water partition coefficient (Wildman–Crippen LogP) is 4.20. The summed E-state index contributed by atoms with van der Waals surface area (Å²) in [6.07, 6.45) is 1.22. The molecule has 5 heteroatoms. The van der Waals surface area contributed by atoms with E-state index >= 15 is 0 Å². The number of hydrogen-bond acceptors (Lipinski definition) is 3. The van der Waals surface area contributed by atoms with Gasteiger partial charge in [-0.05, 0) is 36.1 Å². The molecule has 0 bridgehead atoms. The molecular formula is C22H26N2O3. The lowest BCUT2D eigenvalue weighted by molar-refractivity contribution is -0.122. The van der Waals surface area contributed by atoms with Crippen molar-refractivity contribution in [3.63, 3.8) is 0 Å². The molecule has 1 heterocycles. The fourth-order valence-electron chi connectivity index (χ4n) is 3.41. The number of anilines is 2. The number of nitrogens with zero attached hydrogens (tertiary/aromatic N) is 1. The lowest BCUT2D eigenvalue weighted by Crippen LogP contribution is -2.28. The third kappa shape index (κ3) is 4.13. The van der Waals surface area contributed by atoms with Crippen LogP contribution in [-0.2, 0) is 9.59 Å². The molecule has 2 aromatic rings. The summed E-state index contributed by atoms with van der Waals surface area (Å²) in [5, 5.41) is 3.04. The minimum Gasteiger partial charge on any atom is -0.497 e. The van der Waals surface area contributed by atoms with Crippen molar-refractivity contribution in [2.24, 2.45) is 5.92 Å². The van der Waals surface area contributed by atoms with E-state index in [1.54, 1.807) is 12.0 Å². The van der Waals surface area contributed by atoms with Crippen molar-refractivity contribution in [2.45, 2.75) is 32.6 Å². The van der Waals surface area contributed by atoms with Crippen LogP contribution in [0, 0.1) is 5.92 Å². The molecule has 2 atom stereocenters. The molecule has 1 aliphatic heterocycles. The molecule has 0 aliphatic carbocycles.